The zero-order chi connectivity index (χ0) is 13.2. The summed E-state index contributed by atoms with van der Waals surface area (Å²) in [6.07, 6.45) is 3.11. The molecule has 1 aliphatic rings. The molecule has 0 saturated carbocycles. The number of aromatic amines is 1. The number of rotatable bonds is 4. The summed E-state index contributed by atoms with van der Waals surface area (Å²) in [6, 6.07) is 0. The van der Waals surface area contributed by atoms with Crippen molar-refractivity contribution in [3.05, 3.63) is 21.7 Å². The van der Waals surface area contributed by atoms with Crippen molar-refractivity contribution in [2.75, 3.05) is 12.4 Å². The smallest absolute Gasteiger partial charge is 0.260 e. The molecule has 2 aromatic heterocycles. The third-order valence-electron chi connectivity index (χ3n) is 3.06. The van der Waals surface area contributed by atoms with Crippen LogP contribution in [0.15, 0.2) is 9.00 Å². The van der Waals surface area contributed by atoms with E-state index in [1.807, 2.05) is 11.8 Å². The zero-order valence-electron chi connectivity index (χ0n) is 10.8. The highest BCUT2D eigenvalue weighted by molar-refractivity contribution is 8.01. The summed E-state index contributed by atoms with van der Waals surface area (Å²) < 4.78 is 6.71. The lowest BCUT2D eigenvalue weighted by Gasteiger charge is -2.09. The van der Waals surface area contributed by atoms with Crippen molar-refractivity contribution in [2.24, 2.45) is 0 Å². The topological polar surface area (TPSA) is 55.0 Å². The average molecular weight is 296 g/mol. The van der Waals surface area contributed by atoms with E-state index in [2.05, 4.69) is 16.9 Å². The summed E-state index contributed by atoms with van der Waals surface area (Å²) in [6.45, 7) is 3.14. The van der Waals surface area contributed by atoms with E-state index in [9.17, 15) is 4.79 Å². The van der Waals surface area contributed by atoms with Crippen molar-refractivity contribution in [3.8, 4) is 0 Å². The van der Waals surface area contributed by atoms with E-state index in [0.717, 1.165) is 35.2 Å². The molecule has 0 unspecified atom stereocenters. The van der Waals surface area contributed by atoms with Gasteiger partial charge in [0.05, 0.1) is 9.60 Å². The molecule has 3 heterocycles. The van der Waals surface area contributed by atoms with Crippen molar-refractivity contribution in [1.82, 2.24) is 9.97 Å². The third-order valence-corrected chi connectivity index (χ3v) is 5.59. The maximum absolute atomic E-state index is 12.2. The largest absolute Gasteiger partial charge is 0.374 e. The first kappa shape index (κ1) is 13.1. The van der Waals surface area contributed by atoms with Crippen LogP contribution in [0, 0.1) is 0 Å². The van der Waals surface area contributed by atoms with Crippen LogP contribution < -0.4 is 5.56 Å². The van der Waals surface area contributed by atoms with Crippen LogP contribution in [0.25, 0.3) is 10.2 Å². The van der Waals surface area contributed by atoms with Crippen LogP contribution in [-0.2, 0) is 17.8 Å². The fourth-order valence-corrected chi connectivity index (χ4v) is 4.78. The fraction of sp³-hybridized carbons (Fsp3) is 0.538. The SMILES string of the molecule is CCCOCc1nc2sc3c(c2c(=O)[nH]1)CCCS3. The Hall–Kier alpha value is -0.850. The third kappa shape index (κ3) is 2.57. The molecule has 0 spiro atoms. The van der Waals surface area contributed by atoms with Crippen LogP contribution >= 0.6 is 23.1 Å². The minimum absolute atomic E-state index is 0.0138. The summed E-state index contributed by atoms with van der Waals surface area (Å²) in [7, 11) is 0. The molecule has 0 aliphatic carbocycles. The van der Waals surface area contributed by atoms with Gasteiger partial charge in [-0.1, -0.05) is 6.92 Å². The quantitative estimate of drug-likeness (QED) is 0.881. The summed E-state index contributed by atoms with van der Waals surface area (Å²) in [4.78, 5) is 20.5. The minimum Gasteiger partial charge on any atom is -0.374 e. The number of H-pyrrole nitrogens is 1. The lowest BCUT2D eigenvalue weighted by atomic mass is 10.1. The lowest BCUT2D eigenvalue weighted by molar-refractivity contribution is 0.116. The molecule has 0 radical (unpaired) electrons. The van der Waals surface area contributed by atoms with Gasteiger partial charge in [0.25, 0.3) is 5.56 Å². The molecule has 0 saturated heterocycles. The number of hydrogen-bond acceptors (Lipinski definition) is 5. The van der Waals surface area contributed by atoms with Crippen LogP contribution in [0.4, 0.5) is 0 Å². The van der Waals surface area contributed by atoms with Crippen molar-refractivity contribution < 1.29 is 4.74 Å². The van der Waals surface area contributed by atoms with E-state index in [1.165, 1.54) is 9.77 Å². The number of thiophene rings is 1. The normalized spacial score (nSPS) is 14.8. The maximum atomic E-state index is 12.2. The van der Waals surface area contributed by atoms with Crippen LogP contribution in [0.3, 0.4) is 0 Å². The molecule has 0 bridgehead atoms. The van der Waals surface area contributed by atoms with E-state index < -0.39 is 0 Å². The van der Waals surface area contributed by atoms with Gasteiger partial charge in [-0.3, -0.25) is 4.79 Å². The number of hydrogen-bond donors (Lipinski definition) is 1. The van der Waals surface area contributed by atoms with E-state index in [-0.39, 0.29) is 5.56 Å². The molecule has 2 aromatic rings. The predicted molar refractivity (Wildman–Crippen MR) is 79.2 cm³/mol. The predicted octanol–water partition coefficient (Wildman–Crippen LogP) is 2.95. The molecule has 1 N–H and O–H groups in total. The molecule has 0 amide bonds. The monoisotopic (exact) mass is 296 g/mol. The number of aryl methyl sites for hydroxylation is 1. The highest BCUT2D eigenvalue weighted by Gasteiger charge is 2.20. The summed E-state index contributed by atoms with van der Waals surface area (Å²) in [5.41, 5.74) is 1.19. The van der Waals surface area contributed by atoms with E-state index in [0.29, 0.717) is 19.0 Å². The first-order chi connectivity index (χ1) is 9.29. The Kier molecular flexibility index (Phi) is 3.91. The zero-order valence-corrected chi connectivity index (χ0v) is 12.5. The van der Waals surface area contributed by atoms with Gasteiger partial charge in [0, 0.05) is 6.61 Å². The van der Waals surface area contributed by atoms with Crippen LogP contribution in [-0.4, -0.2) is 22.3 Å². The number of nitrogens with one attached hydrogen (secondary N) is 1. The van der Waals surface area contributed by atoms with Gasteiger partial charge in [-0.25, -0.2) is 4.98 Å². The maximum Gasteiger partial charge on any atom is 0.260 e. The molecule has 1 aliphatic heterocycles. The van der Waals surface area contributed by atoms with E-state index in [4.69, 9.17) is 4.74 Å². The average Bonchev–Trinajstić information content (AvgIpc) is 2.77. The van der Waals surface area contributed by atoms with Gasteiger partial charge in [0.15, 0.2) is 0 Å². The van der Waals surface area contributed by atoms with E-state index >= 15 is 0 Å². The Morgan fingerprint density at radius 1 is 1.47 bits per heavy atom. The highest BCUT2D eigenvalue weighted by Crippen LogP contribution is 2.39. The van der Waals surface area contributed by atoms with Crippen molar-refractivity contribution in [1.29, 1.82) is 0 Å². The second kappa shape index (κ2) is 5.64. The molecule has 102 valence electrons. The summed E-state index contributed by atoms with van der Waals surface area (Å²) >= 11 is 3.49. The molecule has 0 aromatic carbocycles. The van der Waals surface area contributed by atoms with Gasteiger partial charge < -0.3 is 9.72 Å². The Labute approximate surface area is 119 Å². The van der Waals surface area contributed by atoms with Crippen molar-refractivity contribution in [2.45, 2.75) is 37.0 Å². The van der Waals surface area contributed by atoms with Gasteiger partial charge in [-0.05, 0) is 30.6 Å². The Morgan fingerprint density at radius 2 is 2.37 bits per heavy atom. The number of fused-ring (bicyclic) bond motifs is 3. The van der Waals surface area contributed by atoms with Gasteiger partial charge in [0.2, 0.25) is 0 Å². The first-order valence-electron chi connectivity index (χ1n) is 6.54. The molecular formula is C13H16N2O2S2. The van der Waals surface area contributed by atoms with Gasteiger partial charge in [-0.2, -0.15) is 0 Å². The lowest BCUT2D eigenvalue weighted by Crippen LogP contribution is -2.13. The molecule has 0 atom stereocenters. The highest BCUT2D eigenvalue weighted by atomic mass is 32.2. The Morgan fingerprint density at radius 3 is 3.21 bits per heavy atom. The summed E-state index contributed by atoms with van der Waals surface area (Å²) in [5.74, 6) is 1.78. The van der Waals surface area contributed by atoms with Gasteiger partial charge in [0.1, 0.15) is 17.3 Å². The number of ether oxygens (including phenoxy) is 1. The molecule has 0 fully saturated rings. The summed E-state index contributed by atoms with van der Waals surface area (Å²) in [5, 5.41) is 0.798. The standard InChI is InChI=1S/C13H16N2O2S2/c1-2-5-17-7-9-14-11(16)10-8-4-3-6-18-13(8)19-12(10)15-9/h2-7H2,1H3,(H,14,15,16). The molecule has 3 rings (SSSR count). The second-order valence-electron chi connectivity index (χ2n) is 4.57. The minimum atomic E-state index is -0.0138. The van der Waals surface area contributed by atoms with Crippen molar-refractivity contribution >= 4 is 33.3 Å². The molecule has 6 heteroatoms. The van der Waals surface area contributed by atoms with Crippen LogP contribution in [0.5, 0.6) is 0 Å². The van der Waals surface area contributed by atoms with Crippen LogP contribution in [0.2, 0.25) is 0 Å². The van der Waals surface area contributed by atoms with Crippen LogP contribution in [0.1, 0.15) is 31.2 Å². The Balaban J connectivity index is 1.99. The van der Waals surface area contributed by atoms with Gasteiger partial charge >= 0.3 is 0 Å². The molecular weight excluding hydrogens is 280 g/mol. The van der Waals surface area contributed by atoms with Gasteiger partial charge in [-0.15, -0.1) is 23.1 Å². The van der Waals surface area contributed by atoms with E-state index in [1.54, 1.807) is 11.3 Å². The first-order valence-corrected chi connectivity index (χ1v) is 8.35. The Bertz CT molecular complexity index is 648. The fourth-order valence-electron chi connectivity index (χ4n) is 2.23. The second-order valence-corrected chi connectivity index (χ2v) is 6.93. The molecule has 19 heavy (non-hydrogen) atoms. The molecule has 4 nitrogen and oxygen atoms in total. The van der Waals surface area contributed by atoms with Crippen molar-refractivity contribution in [3.63, 3.8) is 0 Å². The number of nitrogens with zero attached hydrogens (tertiary/aromatic N) is 1. The number of thioether (sulfide) groups is 1. The number of aromatic nitrogens is 2.